The zero-order valence-corrected chi connectivity index (χ0v) is 17.2. The smallest absolute Gasteiger partial charge is 0.220 e. The number of pyridine rings is 1. The van der Waals surface area contributed by atoms with E-state index in [-0.39, 0.29) is 6.04 Å². The highest BCUT2D eigenvalue weighted by Crippen LogP contribution is 2.26. The van der Waals surface area contributed by atoms with Crippen LogP contribution in [0.5, 0.6) is 5.88 Å². The molecule has 0 aromatic carbocycles. The van der Waals surface area contributed by atoms with Gasteiger partial charge in [0.15, 0.2) is 0 Å². The van der Waals surface area contributed by atoms with Crippen molar-refractivity contribution in [2.75, 3.05) is 7.11 Å². The van der Waals surface area contributed by atoms with Crippen LogP contribution in [-0.2, 0) is 13.6 Å². The molecular formula is C21H28N6O. The third-order valence-corrected chi connectivity index (χ3v) is 4.44. The summed E-state index contributed by atoms with van der Waals surface area (Å²) in [5.74, 6) is 0.606. The number of aryl methyl sites for hydroxylation is 1. The zero-order chi connectivity index (χ0) is 20.1. The van der Waals surface area contributed by atoms with E-state index in [9.17, 15) is 0 Å². The Morgan fingerprint density at radius 1 is 1.39 bits per heavy atom. The van der Waals surface area contributed by atoms with Crippen LogP contribution < -0.4 is 10.1 Å². The van der Waals surface area contributed by atoms with Crippen LogP contribution in [0.15, 0.2) is 53.3 Å². The third-order valence-electron chi connectivity index (χ3n) is 4.44. The molecule has 0 bridgehead atoms. The van der Waals surface area contributed by atoms with Crippen LogP contribution in [0.4, 0.5) is 0 Å². The fraction of sp³-hybridized carbons (Fsp3) is 0.381. The Balaban J connectivity index is 1.92. The summed E-state index contributed by atoms with van der Waals surface area (Å²) in [7, 11) is 3.56. The second kappa shape index (κ2) is 8.73. The molecule has 0 saturated heterocycles. The second-order valence-electron chi connectivity index (χ2n) is 7.12. The lowest BCUT2D eigenvalue weighted by atomic mass is 10.1. The van der Waals surface area contributed by atoms with Crippen molar-refractivity contribution in [1.82, 2.24) is 25.1 Å². The second-order valence-corrected chi connectivity index (χ2v) is 7.12. The van der Waals surface area contributed by atoms with Crippen molar-refractivity contribution in [3.8, 4) is 5.88 Å². The van der Waals surface area contributed by atoms with Gasteiger partial charge in [0.05, 0.1) is 24.7 Å². The topological polar surface area (TPSA) is 67.6 Å². The van der Waals surface area contributed by atoms with E-state index in [1.807, 2.05) is 42.3 Å². The van der Waals surface area contributed by atoms with E-state index in [0.29, 0.717) is 12.4 Å². The summed E-state index contributed by atoms with van der Waals surface area (Å²) in [6, 6.07) is 4.17. The molecule has 0 aliphatic carbocycles. The molecule has 1 aliphatic heterocycles. The Morgan fingerprint density at radius 2 is 2.21 bits per heavy atom. The Kier molecular flexibility index (Phi) is 6.13. The van der Waals surface area contributed by atoms with Gasteiger partial charge < -0.3 is 10.1 Å². The summed E-state index contributed by atoms with van der Waals surface area (Å²) in [6.45, 7) is 7.05. The van der Waals surface area contributed by atoms with Crippen molar-refractivity contribution < 1.29 is 4.74 Å². The number of hydrogen-bond donors (Lipinski definition) is 1. The van der Waals surface area contributed by atoms with Gasteiger partial charge in [-0.05, 0) is 45.1 Å². The molecule has 1 N–H and O–H groups in total. The number of rotatable bonds is 7. The lowest BCUT2D eigenvalue weighted by Crippen LogP contribution is -2.25. The lowest BCUT2D eigenvalue weighted by Gasteiger charge is -2.23. The SMILES string of the molecule is COc1ncccc1/C=C/C(NCc1cnn(C)c1)=C1\CC(C)=NN1C(C)C. The number of allylic oxidation sites excluding steroid dienone is 2. The summed E-state index contributed by atoms with van der Waals surface area (Å²) in [5.41, 5.74) is 5.36. The van der Waals surface area contributed by atoms with Gasteiger partial charge in [0.2, 0.25) is 5.88 Å². The molecule has 7 nitrogen and oxygen atoms in total. The Morgan fingerprint density at radius 3 is 2.89 bits per heavy atom. The van der Waals surface area contributed by atoms with Gasteiger partial charge in [-0.1, -0.05) is 0 Å². The monoisotopic (exact) mass is 380 g/mol. The quantitative estimate of drug-likeness (QED) is 0.798. The average molecular weight is 380 g/mol. The van der Waals surface area contributed by atoms with Crippen molar-refractivity contribution in [1.29, 1.82) is 0 Å². The molecule has 0 amide bonds. The first kappa shape index (κ1) is 19.7. The van der Waals surface area contributed by atoms with E-state index in [2.05, 4.69) is 47.3 Å². The van der Waals surface area contributed by atoms with E-state index in [4.69, 9.17) is 9.84 Å². The van der Waals surface area contributed by atoms with Crippen LogP contribution in [0, 0.1) is 0 Å². The molecule has 0 atom stereocenters. The fourth-order valence-electron chi connectivity index (χ4n) is 3.14. The van der Waals surface area contributed by atoms with Gasteiger partial charge in [-0.15, -0.1) is 0 Å². The Hall–Kier alpha value is -3.09. The van der Waals surface area contributed by atoms with E-state index < -0.39 is 0 Å². The largest absolute Gasteiger partial charge is 0.481 e. The fourth-order valence-corrected chi connectivity index (χ4v) is 3.14. The van der Waals surface area contributed by atoms with Crippen LogP contribution in [-0.4, -0.2) is 38.6 Å². The molecule has 7 heteroatoms. The van der Waals surface area contributed by atoms with Gasteiger partial charge in [0, 0.05) is 55.3 Å². The van der Waals surface area contributed by atoms with Crippen LogP contribution in [0.25, 0.3) is 6.08 Å². The van der Waals surface area contributed by atoms with Crippen LogP contribution in [0.3, 0.4) is 0 Å². The molecule has 0 radical (unpaired) electrons. The highest BCUT2D eigenvalue weighted by Gasteiger charge is 2.23. The van der Waals surface area contributed by atoms with Crippen LogP contribution >= 0.6 is 0 Å². The third kappa shape index (κ3) is 4.60. The Labute approximate surface area is 166 Å². The lowest BCUT2D eigenvalue weighted by molar-refractivity contribution is 0.306. The van der Waals surface area contributed by atoms with Crippen molar-refractivity contribution in [2.24, 2.45) is 12.1 Å². The number of methoxy groups -OCH3 is 1. The molecule has 3 rings (SSSR count). The number of hydrazone groups is 1. The first-order valence-corrected chi connectivity index (χ1v) is 9.43. The van der Waals surface area contributed by atoms with E-state index in [1.165, 1.54) is 0 Å². The van der Waals surface area contributed by atoms with Crippen LogP contribution in [0.2, 0.25) is 0 Å². The molecule has 2 aromatic rings. The maximum atomic E-state index is 5.37. The standard InChI is InChI=1S/C21H28N6O/c1-15(2)27-20(11-16(3)25-27)19(23-12-17-13-24-26(4)14-17)9-8-18-7-6-10-22-21(18)28-5/h6-10,13-15,23H,11-12H2,1-5H3/b9-8+,20-19-. The van der Waals surface area contributed by atoms with Crippen molar-refractivity contribution in [3.63, 3.8) is 0 Å². The van der Waals surface area contributed by atoms with Crippen molar-refractivity contribution in [3.05, 3.63) is 59.3 Å². The number of hydrogen-bond acceptors (Lipinski definition) is 6. The number of nitrogens with zero attached hydrogens (tertiary/aromatic N) is 5. The zero-order valence-electron chi connectivity index (χ0n) is 17.2. The van der Waals surface area contributed by atoms with Crippen LogP contribution in [0.1, 0.15) is 38.3 Å². The van der Waals surface area contributed by atoms with Crippen molar-refractivity contribution in [2.45, 2.75) is 39.8 Å². The maximum Gasteiger partial charge on any atom is 0.220 e. The minimum absolute atomic E-state index is 0.281. The highest BCUT2D eigenvalue weighted by molar-refractivity contribution is 5.86. The molecule has 28 heavy (non-hydrogen) atoms. The predicted octanol–water partition coefficient (Wildman–Crippen LogP) is 3.33. The number of ether oxygens (including phenoxy) is 1. The molecular weight excluding hydrogens is 352 g/mol. The maximum absolute atomic E-state index is 5.37. The average Bonchev–Trinajstić information content (AvgIpc) is 3.27. The molecule has 0 unspecified atom stereocenters. The first-order valence-electron chi connectivity index (χ1n) is 9.43. The molecule has 3 heterocycles. The summed E-state index contributed by atoms with van der Waals surface area (Å²) >= 11 is 0. The highest BCUT2D eigenvalue weighted by atomic mass is 16.5. The summed E-state index contributed by atoms with van der Waals surface area (Å²) < 4.78 is 7.18. The molecule has 0 spiro atoms. The molecule has 148 valence electrons. The number of aromatic nitrogens is 3. The van der Waals surface area contributed by atoms with Gasteiger partial charge >= 0.3 is 0 Å². The van der Waals surface area contributed by atoms with E-state index in [1.54, 1.807) is 13.3 Å². The van der Waals surface area contributed by atoms with Gasteiger partial charge in [0.25, 0.3) is 0 Å². The molecule has 0 fully saturated rings. The normalized spacial score (nSPS) is 16.1. The first-order chi connectivity index (χ1) is 13.5. The molecule has 1 aliphatic rings. The van der Waals surface area contributed by atoms with Gasteiger partial charge in [-0.3, -0.25) is 9.69 Å². The van der Waals surface area contributed by atoms with Crippen molar-refractivity contribution >= 4 is 11.8 Å². The molecule has 0 saturated carbocycles. The predicted molar refractivity (Wildman–Crippen MR) is 112 cm³/mol. The summed E-state index contributed by atoms with van der Waals surface area (Å²) in [4.78, 5) is 4.27. The van der Waals surface area contributed by atoms with E-state index >= 15 is 0 Å². The van der Waals surface area contributed by atoms with Gasteiger partial charge in [-0.2, -0.15) is 10.2 Å². The minimum Gasteiger partial charge on any atom is -0.481 e. The summed E-state index contributed by atoms with van der Waals surface area (Å²) in [6.07, 6.45) is 10.5. The molecule has 2 aromatic heterocycles. The minimum atomic E-state index is 0.281. The van der Waals surface area contributed by atoms with Gasteiger partial charge in [-0.25, -0.2) is 4.98 Å². The number of nitrogens with one attached hydrogen (secondary N) is 1. The summed E-state index contributed by atoms with van der Waals surface area (Å²) in [5, 5.41) is 14.6. The van der Waals surface area contributed by atoms with E-state index in [0.717, 1.165) is 34.7 Å². The van der Waals surface area contributed by atoms with Gasteiger partial charge in [0.1, 0.15) is 0 Å². The Bertz CT molecular complexity index is 909.